The van der Waals surface area contributed by atoms with E-state index in [0.717, 1.165) is 33.7 Å². The SMILES string of the molecule is CCN(c1nc(C)cc(-c2ccccc2Cl)n1)c1ccc(C(C)C)cc1Br. The minimum absolute atomic E-state index is 0.479. The zero-order valence-corrected chi connectivity index (χ0v) is 18.3. The highest BCUT2D eigenvalue weighted by Gasteiger charge is 2.17. The lowest BCUT2D eigenvalue weighted by Gasteiger charge is -2.24. The van der Waals surface area contributed by atoms with Crippen LogP contribution in [0, 0.1) is 6.92 Å². The highest BCUT2D eigenvalue weighted by Crippen LogP contribution is 2.34. The third-order valence-electron chi connectivity index (χ3n) is 4.48. The van der Waals surface area contributed by atoms with Gasteiger partial charge in [-0.2, -0.15) is 0 Å². The summed E-state index contributed by atoms with van der Waals surface area (Å²) in [6.07, 6.45) is 0. The molecule has 0 N–H and O–H groups in total. The van der Waals surface area contributed by atoms with Crippen LogP contribution in [0.15, 0.2) is 53.0 Å². The van der Waals surface area contributed by atoms with Gasteiger partial charge in [-0.1, -0.05) is 49.7 Å². The maximum Gasteiger partial charge on any atom is 0.230 e. The summed E-state index contributed by atoms with van der Waals surface area (Å²) in [7, 11) is 0. The van der Waals surface area contributed by atoms with Crippen molar-refractivity contribution in [1.29, 1.82) is 0 Å². The van der Waals surface area contributed by atoms with Crippen LogP contribution in [0.2, 0.25) is 5.02 Å². The number of benzene rings is 2. The lowest BCUT2D eigenvalue weighted by atomic mass is 10.0. The Bertz CT molecular complexity index is 956. The van der Waals surface area contributed by atoms with E-state index >= 15 is 0 Å². The molecule has 0 aliphatic heterocycles. The van der Waals surface area contributed by atoms with E-state index in [0.29, 0.717) is 16.9 Å². The summed E-state index contributed by atoms with van der Waals surface area (Å²) in [5.74, 6) is 1.15. The van der Waals surface area contributed by atoms with Gasteiger partial charge in [0.2, 0.25) is 5.95 Å². The molecule has 3 nitrogen and oxygen atoms in total. The molecule has 2 aromatic carbocycles. The molecule has 3 rings (SSSR count). The average Bonchev–Trinajstić information content (AvgIpc) is 2.63. The number of aromatic nitrogens is 2. The maximum atomic E-state index is 6.38. The molecule has 0 aliphatic rings. The molecule has 3 aromatic rings. The smallest absolute Gasteiger partial charge is 0.230 e. The third-order valence-corrected chi connectivity index (χ3v) is 5.44. The number of hydrogen-bond donors (Lipinski definition) is 0. The van der Waals surface area contributed by atoms with Crippen molar-refractivity contribution in [1.82, 2.24) is 9.97 Å². The van der Waals surface area contributed by atoms with Gasteiger partial charge in [-0.3, -0.25) is 0 Å². The van der Waals surface area contributed by atoms with Gasteiger partial charge in [-0.05, 0) is 65.5 Å². The van der Waals surface area contributed by atoms with E-state index in [4.69, 9.17) is 16.6 Å². The second-order valence-corrected chi connectivity index (χ2v) is 8.05. The highest BCUT2D eigenvalue weighted by molar-refractivity contribution is 9.10. The molecule has 0 radical (unpaired) electrons. The number of nitrogens with zero attached hydrogens (tertiary/aromatic N) is 3. The monoisotopic (exact) mass is 443 g/mol. The maximum absolute atomic E-state index is 6.38. The van der Waals surface area contributed by atoms with Gasteiger partial charge in [-0.15, -0.1) is 0 Å². The largest absolute Gasteiger partial charge is 0.310 e. The molecule has 140 valence electrons. The van der Waals surface area contributed by atoms with Crippen molar-refractivity contribution in [2.45, 2.75) is 33.6 Å². The van der Waals surface area contributed by atoms with Gasteiger partial charge in [0.25, 0.3) is 0 Å². The topological polar surface area (TPSA) is 29.0 Å². The summed E-state index contributed by atoms with van der Waals surface area (Å²) in [5.41, 5.74) is 5.00. The normalized spacial score (nSPS) is 11.1. The summed E-state index contributed by atoms with van der Waals surface area (Å²) >= 11 is 10.1. The van der Waals surface area contributed by atoms with Crippen LogP contribution in [-0.2, 0) is 0 Å². The van der Waals surface area contributed by atoms with Gasteiger partial charge in [0.15, 0.2) is 0 Å². The Morgan fingerprint density at radius 2 is 1.81 bits per heavy atom. The van der Waals surface area contributed by atoms with Crippen LogP contribution in [0.5, 0.6) is 0 Å². The molecule has 1 heterocycles. The summed E-state index contributed by atoms with van der Waals surface area (Å²) in [5, 5.41) is 0.687. The average molecular weight is 445 g/mol. The van der Waals surface area contributed by atoms with E-state index in [-0.39, 0.29) is 0 Å². The molecular formula is C22H23BrClN3. The van der Waals surface area contributed by atoms with Crippen molar-refractivity contribution in [2.24, 2.45) is 0 Å². The van der Waals surface area contributed by atoms with Crippen LogP contribution in [0.25, 0.3) is 11.3 Å². The van der Waals surface area contributed by atoms with E-state index in [2.05, 4.69) is 64.8 Å². The van der Waals surface area contributed by atoms with Crippen LogP contribution >= 0.6 is 27.5 Å². The fourth-order valence-corrected chi connectivity index (χ4v) is 3.84. The van der Waals surface area contributed by atoms with Gasteiger partial charge < -0.3 is 4.90 Å². The Kier molecular flexibility index (Phi) is 6.18. The number of anilines is 2. The highest BCUT2D eigenvalue weighted by atomic mass is 79.9. The predicted octanol–water partition coefficient (Wildman–Crippen LogP) is 7.15. The Morgan fingerprint density at radius 3 is 2.44 bits per heavy atom. The van der Waals surface area contributed by atoms with Crippen LogP contribution in [0.1, 0.15) is 37.9 Å². The Labute approximate surface area is 174 Å². The first-order valence-corrected chi connectivity index (χ1v) is 10.3. The Balaban J connectivity index is 2.08. The van der Waals surface area contributed by atoms with Gasteiger partial charge in [0, 0.05) is 27.3 Å². The lowest BCUT2D eigenvalue weighted by molar-refractivity contribution is 0.863. The van der Waals surface area contributed by atoms with Crippen LogP contribution < -0.4 is 4.90 Å². The molecule has 0 saturated carbocycles. The van der Waals surface area contributed by atoms with E-state index in [9.17, 15) is 0 Å². The van der Waals surface area contributed by atoms with Crippen molar-refractivity contribution in [2.75, 3.05) is 11.4 Å². The molecule has 0 unspecified atom stereocenters. The number of hydrogen-bond acceptors (Lipinski definition) is 3. The molecule has 27 heavy (non-hydrogen) atoms. The Morgan fingerprint density at radius 1 is 1.07 bits per heavy atom. The first kappa shape index (κ1) is 19.8. The number of rotatable bonds is 5. The van der Waals surface area contributed by atoms with E-state index < -0.39 is 0 Å². The molecule has 0 atom stereocenters. The zero-order valence-electron chi connectivity index (χ0n) is 16.0. The van der Waals surface area contributed by atoms with Crippen molar-refractivity contribution in [3.63, 3.8) is 0 Å². The summed E-state index contributed by atoms with van der Waals surface area (Å²) in [6.45, 7) is 9.22. The van der Waals surface area contributed by atoms with Gasteiger partial charge in [-0.25, -0.2) is 9.97 Å². The second kappa shape index (κ2) is 8.41. The first-order chi connectivity index (χ1) is 12.9. The van der Waals surface area contributed by atoms with Gasteiger partial charge >= 0.3 is 0 Å². The second-order valence-electron chi connectivity index (χ2n) is 6.78. The van der Waals surface area contributed by atoms with Gasteiger partial charge in [0.05, 0.1) is 11.4 Å². The zero-order chi connectivity index (χ0) is 19.6. The fourth-order valence-electron chi connectivity index (χ4n) is 3.00. The molecule has 0 spiro atoms. The molecule has 0 bridgehead atoms. The van der Waals surface area contributed by atoms with E-state index in [1.165, 1.54) is 5.56 Å². The molecule has 1 aromatic heterocycles. The molecule has 0 fully saturated rings. The lowest BCUT2D eigenvalue weighted by Crippen LogP contribution is -2.20. The van der Waals surface area contributed by atoms with Crippen molar-refractivity contribution >= 4 is 39.2 Å². The third kappa shape index (κ3) is 4.33. The van der Waals surface area contributed by atoms with Crippen LogP contribution in [-0.4, -0.2) is 16.5 Å². The summed E-state index contributed by atoms with van der Waals surface area (Å²) in [4.78, 5) is 11.6. The summed E-state index contributed by atoms with van der Waals surface area (Å²) < 4.78 is 1.04. The molecule has 0 saturated heterocycles. The quantitative estimate of drug-likeness (QED) is 0.418. The summed E-state index contributed by atoms with van der Waals surface area (Å²) in [6, 6.07) is 16.2. The van der Waals surface area contributed by atoms with Crippen molar-refractivity contribution in [3.05, 3.63) is 69.3 Å². The minimum atomic E-state index is 0.479. The first-order valence-electron chi connectivity index (χ1n) is 9.08. The molecule has 0 amide bonds. The predicted molar refractivity (Wildman–Crippen MR) is 118 cm³/mol. The standard InChI is InChI=1S/C22H23BrClN3/c1-5-27(21-11-10-16(14(2)3)13-18(21)23)22-25-15(4)12-20(26-22)17-8-6-7-9-19(17)24/h6-14H,5H2,1-4H3. The Hall–Kier alpha value is -1.91. The number of halogens is 2. The van der Waals surface area contributed by atoms with Crippen molar-refractivity contribution < 1.29 is 0 Å². The molecule has 0 aliphatic carbocycles. The van der Waals surface area contributed by atoms with Gasteiger partial charge in [0.1, 0.15) is 0 Å². The van der Waals surface area contributed by atoms with Crippen LogP contribution in [0.3, 0.4) is 0 Å². The minimum Gasteiger partial charge on any atom is -0.310 e. The molecular weight excluding hydrogens is 422 g/mol. The number of aryl methyl sites for hydroxylation is 1. The van der Waals surface area contributed by atoms with E-state index in [1.807, 2.05) is 37.3 Å². The van der Waals surface area contributed by atoms with Crippen molar-refractivity contribution in [3.8, 4) is 11.3 Å². The molecule has 5 heteroatoms. The van der Waals surface area contributed by atoms with Crippen LogP contribution in [0.4, 0.5) is 11.6 Å². The fraction of sp³-hybridized carbons (Fsp3) is 0.273. The van der Waals surface area contributed by atoms with E-state index in [1.54, 1.807) is 0 Å².